The minimum atomic E-state index is -0.0676. The summed E-state index contributed by atoms with van der Waals surface area (Å²) < 4.78 is 1.73. The highest BCUT2D eigenvalue weighted by molar-refractivity contribution is 6.31. The number of rotatable bonds is 4. The summed E-state index contributed by atoms with van der Waals surface area (Å²) in [5.74, 6) is 0.806. The van der Waals surface area contributed by atoms with Crippen molar-refractivity contribution in [3.63, 3.8) is 0 Å². The predicted molar refractivity (Wildman–Crippen MR) is 137 cm³/mol. The first-order chi connectivity index (χ1) is 16.5. The van der Waals surface area contributed by atoms with Gasteiger partial charge < -0.3 is 4.90 Å². The van der Waals surface area contributed by atoms with Crippen LogP contribution in [-0.4, -0.2) is 51.4 Å². The molecule has 174 valence electrons. The fourth-order valence-corrected chi connectivity index (χ4v) is 4.99. The lowest BCUT2D eigenvalue weighted by Crippen LogP contribution is -2.50. The lowest BCUT2D eigenvalue weighted by atomic mass is 10.1. The van der Waals surface area contributed by atoms with Crippen molar-refractivity contribution in [3.05, 3.63) is 87.4 Å². The van der Waals surface area contributed by atoms with Crippen LogP contribution >= 0.6 is 11.6 Å². The monoisotopic (exact) mass is 474 g/mol. The topological polar surface area (TPSA) is 58.4 Å². The standard InChI is InChI=1S/C27H27ClN4O2/c1-3-32-25(29-24-11-10-22(28)17-23(24)27(32)34)18(2)30-12-14-31(15-13-30)26(33)21-9-8-19-6-4-5-7-20(19)16-21/h4-11,16-18H,3,12-15H2,1-2H3. The molecular formula is C27H27ClN4O2. The molecule has 4 aromatic rings. The van der Waals surface area contributed by atoms with E-state index < -0.39 is 0 Å². The molecule has 1 aliphatic rings. The van der Waals surface area contributed by atoms with Crippen molar-refractivity contribution in [2.45, 2.75) is 26.4 Å². The Morgan fingerprint density at radius 2 is 1.74 bits per heavy atom. The third-order valence-corrected chi connectivity index (χ3v) is 7.02. The van der Waals surface area contributed by atoms with E-state index in [4.69, 9.17) is 16.6 Å². The van der Waals surface area contributed by atoms with Gasteiger partial charge in [0.15, 0.2) is 0 Å². The highest BCUT2D eigenvalue weighted by Crippen LogP contribution is 2.24. The third kappa shape index (κ3) is 4.08. The van der Waals surface area contributed by atoms with Crippen molar-refractivity contribution in [1.82, 2.24) is 19.4 Å². The first-order valence-corrected chi connectivity index (χ1v) is 12.1. The van der Waals surface area contributed by atoms with Crippen molar-refractivity contribution in [2.24, 2.45) is 0 Å². The Bertz CT molecular complexity index is 1440. The van der Waals surface area contributed by atoms with Crippen LogP contribution in [0.4, 0.5) is 0 Å². The first kappa shape index (κ1) is 22.6. The zero-order valence-corrected chi connectivity index (χ0v) is 20.1. The van der Waals surface area contributed by atoms with Crippen molar-refractivity contribution < 1.29 is 4.79 Å². The Hall–Kier alpha value is -3.22. The van der Waals surface area contributed by atoms with E-state index in [2.05, 4.69) is 17.9 Å². The molecule has 0 N–H and O–H groups in total. The summed E-state index contributed by atoms with van der Waals surface area (Å²) in [4.78, 5) is 35.3. The Morgan fingerprint density at radius 3 is 2.47 bits per heavy atom. The lowest BCUT2D eigenvalue weighted by molar-refractivity contribution is 0.0571. The summed E-state index contributed by atoms with van der Waals surface area (Å²) >= 11 is 6.11. The van der Waals surface area contributed by atoms with E-state index in [0.29, 0.717) is 35.6 Å². The van der Waals surface area contributed by atoms with Crippen LogP contribution < -0.4 is 5.56 Å². The molecule has 1 saturated heterocycles. The molecule has 0 radical (unpaired) electrons. The number of hydrogen-bond acceptors (Lipinski definition) is 4. The van der Waals surface area contributed by atoms with Crippen LogP contribution in [0.2, 0.25) is 5.02 Å². The average Bonchev–Trinajstić information content (AvgIpc) is 2.88. The molecule has 1 fully saturated rings. The molecule has 7 heteroatoms. The number of carbonyl (C=O) groups is 1. The summed E-state index contributed by atoms with van der Waals surface area (Å²) in [6, 6.07) is 19.2. The predicted octanol–water partition coefficient (Wildman–Crippen LogP) is 4.74. The molecule has 5 rings (SSSR count). The van der Waals surface area contributed by atoms with E-state index in [0.717, 1.165) is 35.2 Å². The molecule has 1 unspecified atom stereocenters. The number of carbonyl (C=O) groups excluding carboxylic acids is 1. The molecule has 2 heterocycles. The molecule has 0 saturated carbocycles. The van der Waals surface area contributed by atoms with E-state index in [9.17, 15) is 9.59 Å². The van der Waals surface area contributed by atoms with Crippen LogP contribution in [0.15, 0.2) is 65.5 Å². The van der Waals surface area contributed by atoms with Crippen LogP contribution in [0.1, 0.15) is 36.1 Å². The van der Waals surface area contributed by atoms with Crippen molar-refractivity contribution >= 4 is 39.2 Å². The van der Waals surface area contributed by atoms with Gasteiger partial charge in [-0.15, -0.1) is 0 Å². The van der Waals surface area contributed by atoms with Crippen molar-refractivity contribution in [1.29, 1.82) is 0 Å². The van der Waals surface area contributed by atoms with Crippen LogP contribution in [0.5, 0.6) is 0 Å². The average molecular weight is 475 g/mol. The van der Waals surface area contributed by atoms with Crippen molar-refractivity contribution in [3.8, 4) is 0 Å². The van der Waals surface area contributed by atoms with Crippen LogP contribution in [0.3, 0.4) is 0 Å². The molecule has 6 nitrogen and oxygen atoms in total. The minimum Gasteiger partial charge on any atom is -0.336 e. The zero-order chi connectivity index (χ0) is 23.8. The Labute approximate surface area is 203 Å². The van der Waals surface area contributed by atoms with E-state index in [1.165, 1.54) is 0 Å². The lowest BCUT2D eigenvalue weighted by Gasteiger charge is -2.38. The second-order valence-corrected chi connectivity index (χ2v) is 9.18. The van der Waals surface area contributed by atoms with Crippen LogP contribution in [0, 0.1) is 0 Å². The van der Waals surface area contributed by atoms with Crippen LogP contribution in [0.25, 0.3) is 21.7 Å². The number of halogens is 1. The largest absolute Gasteiger partial charge is 0.336 e. The fourth-order valence-electron chi connectivity index (χ4n) is 4.82. The van der Waals surface area contributed by atoms with E-state index in [1.807, 2.05) is 48.2 Å². The summed E-state index contributed by atoms with van der Waals surface area (Å²) in [6.07, 6.45) is 0. The maximum absolute atomic E-state index is 13.1. The highest BCUT2D eigenvalue weighted by atomic mass is 35.5. The molecule has 3 aromatic carbocycles. The molecule has 0 bridgehead atoms. The van der Waals surface area contributed by atoms with Gasteiger partial charge in [0.1, 0.15) is 5.82 Å². The van der Waals surface area contributed by atoms with Gasteiger partial charge in [-0.2, -0.15) is 0 Å². The van der Waals surface area contributed by atoms with Gasteiger partial charge in [0.25, 0.3) is 11.5 Å². The number of nitrogens with zero attached hydrogens (tertiary/aromatic N) is 4. The number of fused-ring (bicyclic) bond motifs is 2. The normalized spacial score (nSPS) is 15.7. The third-order valence-electron chi connectivity index (χ3n) is 6.78. The second-order valence-electron chi connectivity index (χ2n) is 8.75. The second kappa shape index (κ2) is 9.20. The van der Waals surface area contributed by atoms with Gasteiger partial charge in [-0.05, 0) is 55.0 Å². The van der Waals surface area contributed by atoms with E-state index in [-0.39, 0.29) is 17.5 Å². The molecule has 1 amide bonds. The van der Waals surface area contributed by atoms with Gasteiger partial charge in [0, 0.05) is 43.3 Å². The fraction of sp³-hybridized carbons (Fsp3) is 0.296. The SMILES string of the molecule is CCn1c(C(C)N2CCN(C(=O)c3ccc4ccccc4c3)CC2)nc2ccc(Cl)cc2c1=O. The number of benzene rings is 3. The summed E-state index contributed by atoms with van der Waals surface area (Å²) in [7, 11) is 0. The quantitative estimate of drug-likeness (QED) is 0.428. The molecule has 1 atom stereocenters. The molecule has 0 aliphatic carbocycles. The van der Waals surface area contributed by atoms with Gasteiger partial charge >= 0.3 is 0 Å². The molecule has 0 spiro atoms. The number of hydrogen-bond donors (Lipinski definition) is 0. The molecular weight excluding hydrogens is 448 g/mol. The van der Waals surface area contributed by atoms with E-state index in [1.54, 1.807) is 22.8 Å². The molecule has 34 heavy (non-hydrogen) atoms. The van der Waals surface area contributed by atoms with Gasteiger partial charge in [0.05, 0.1) is 16.9 Å². The highest BCUT2D eigenvalue weighted by Gasteiger charge is 2.28. The van der Waals surface area contributed by atoms with Gasteiger partial charge in [-0.1, -0.05) is 41.9 Å². The Balaban J connectivity index is 1.34. The molecule has 1 aromatic heterocycles. The zero-order valence-electron chi connectivity index (χ0n) is 19.4. The van der Waals surface area contributed by atoms with Crippen LogP contribution in [-0.2, 0) is 6.54 Å². The number of piperazine rings is 1. The summed E-state index contributed by atoms with van der Waals surface area (Å²) in [5, 5.41) is 3.27. The minimum absolute atomic E-state index is 0.0503. The smallest absolute Gasteiger partial charge is 0.261 e. The van der Waals surface area contributed by atoms with Gasteiger partial charge in [-0.3, -0.25) is 19.1 Å². The van der Waals surface area contributed by atoms with Gasteiger partial charge in [0.2, 0.25) is 0 Å². The summed E-state index contributed by atoms with van der Waals surface area (Å²) in [5.41, 5.74) is 1.31. The number of amides is 1. The van der Waals surface area contributed by atoms with Gasteiger partial charge in [-0.25, -0.2) is 4.98 Å². The maximum atomic E-state index is 13.1. The summed E-state index contributed by atoms with van der Waals surface area (Å²) in [6.45, 7) is 7.28. The first-order valence-electron chi connectivity index (χ1n) is 11.7. The van der Waals surface area contributed by atoms with E-state index >= 15 is 0 Å². The molecule has 1 aliphatic heterocycles. The van der Waals surface area contributed by atoms with Crippen molar-refractivity contribution in [2.75, 3.05) is 26.2 Å². The number of aromatic nitrogens is 2. The Kier molecular flexibility index (Phi) is 6.11. The Morgan fingerprint density at radius 1 is 1.00 bits per heavy atom. The maximum Gasteiger partial charge on any atom is 0.261 e.